The minimum atomic E-state index is -0.263. The molecule has 1 aliphatic heterocycles. The first kappa shape index (κ1) is 19.7. The van der Waals surface area contributed by atoms with Gasteiger partial charge >= 0.3 is 0 Å². The van der Waals surface area contributed by atoms with Gasteiger partial charge in [0, 0.05) is 30.6 Å². The van der Waals surface area contributed by atoms with E-state index < -0.39 is 0 Å². The third-order valence-electron chi connectivity index (χ3n) is 4.98. The molecule has 6 nitrogen and oxygen atoms in total. The molecule has 0 spiro atoms. The Balaban J connectivity index is 1.72. The lowest BCUT2D eigenvalue weighted by Crippen LogP contribution is -2.27. The molecule has 1 saturated heterocycles. The van der Waals surface area contributed by atoms with E-state index in [-0.39, 0.29) is 17.9 Å². The normalized spacial score (nSPS) is 14.7. The van der Waals surface area contributed by atoms with Gasteiger partial charge in [0.25, 0.3) is 5.91 Å². The molecule has 0 aromatic heterocycles. The molecule has 3 rings (SSSR count). The highest BCUT2D eigenvalue weighted by atomic mass is 16.5. The number of nitrogens with one attached hydrogen (secondary N) is 1. The molecule has 6 heteroatoms. The lowest BCUT2D eigenvalue weighted by Gasteiger charge is -2.19. The van der Waals surface area contributed by atoms with Crippen LogP contribution in [0.4, 0.5) is 0 Å². The number of benzene rings is 2. The van der Waals surface area contributed by atoms with Gasteiger partial charge < -0.3 is 19.7 Å². The van der Waals surface area contributed by atoms with Gasteiger partial charge in [0.2, 0.25) is 5.91 Å². The van der Waals surface area contributed by atoms with E-state index in [1.54, 1.807) is 20.3 Å². The standard InChI is InChI=1S/C22H26N2O4/c1-15(19-13-18(27-2)9-10-20(19)28-3)23-22(26)17-7-4-6-16(12-17)14-24-11-5-8-21(24)25/h4,6-7,9-10,12-13,15H,5,8,11,14H2,1-3H3,(H,23,26)/t15-/m1/s1. The Morgan fingerprint density at radius 3 is 2.68 bits per heavy atom. The van der Waals surface area contributed by atoms with E-state index in [0.717, 1.165) is 24.1 Å². The van der Waals surface area contributed by atoms with Crippen LogP contribution in [-0.2, 0) is 11.3 Å². The highest BCUT2D eigenvalue weighted by Gasteiger charge is 2.21. The maximum atomic E-state index is 12.8. The summed E-state index contributed by atoms with van der Waals surface area (Å²) in [6.07, 6.45) is 1.51. The van der Waals surface area contributed by atoms with Gasteiger partial charge in [0.1, 0.15) is 11.5 Å². The van der Waals surface area contributed by atoms with E-state index in [2.05, 4.69) is 5.32 Å². The second-order valence-electron chi connectivity index (χ2n) is 6.92. The molecule has 1 aliphatic rings. The Kier molecular flexibility index (Phi) is 6.19. The van der Waals surface area contributed by atoms with E-state index in [0.29, 0.717) is 30.0 Å². The fourth-order valence-corrected chi connectivity index (χ4v) is 3.44. The second-order valence-corrected chi connectivity index (χ2v) is 6.92. The van der Waals surface area contributed by atoms with Crippen LogP contribution in [-0.4, -0.2) is 37.5 Å². The molecule has 1 heterocycles. The van der Waals surface area contributed by atoms with Crippen molar-refractivity contribution >= 4 is 11.8 Å². The molecule has 2 aromatic carbocycles. The van der Waals surface area contributed by atoms with E-state index in [9.17, 15) is 9.59 Å². The maximum Gasteiger partial charge on any atom is 0.251 e. The molecule has 1 fully saturated rings. The van der Waals surface area contributed by atoms with Crippen LogP contribution in [0.1, 0.15) is 47.3 Å². The molecule has 1 N–H and O–H groups in total. The van der Waals surface area contributed by atoms with Crippen LogP contribution in [0, 0.1) is 0 Å². The number of amides is 2. The molecule has 2 aromatic rings. The summed E-state index contributed by atoms with van der Waals surface area (Å²) in [6, 6.07) is 12.7. The average molecular weight is 382 g/mol. The van der Waals surface area contributed by atoms with Gasteiger partial charge in [-0.05, 0) is 49.2 Å². The molecule has 1 atom stereocenters. The van der Waals surface area contributed by atoms with E-state index in [1.807, 2.05) is 48.2 Å². The Morgan fingerprint density at radius 2 is 2.00 bits per heavy atom. The molecule has 0 radical (unpaired) electrons. The van der Waals surface area contributed by atoms with Crippen LogP contribution in [0.2, 0.25) is 0 Å². The van der Waals surface area contributed by atoms with Crippen LogP contribution in [0.15, 0.2) is 42.5 Å². The monoisotopic (exact) mass is 382 g/mol. The SMILES string of the molecule is COc1ccc(OC)c([C@@H](C)NC(=O)c2cccc(CN3CCCC3=O)c2)c1. The number of nitrogens with zero attached hydrogens (tertiary/aromatic N) is 1. The molecule has 0 bridgehead atoms. The van der Waals surface area contributed by atoms with E-state index in [1.165, 1.54) is 0 Å². The highest BCUT2D eigenvalue weighted by molar-refractivity contribution is 5.94. The molecular formula is C22H26N2O4. The molecule has 148 valence electrons. The predicted molar refractivity (Wildman–Crippen MR) is 107 cm³/mol. The summed E-state index contributed by atoms with van der Waals surface area (Å²) in [7, 11) is 3.20. The lowest BCUT2D eigenvalue weighted by atomic mass is 10.1. The van der Waals surface area contributed by atoms with Gasteiger partial charge in [-0.15, -0.1) is 0 Å². The number of hydrogen-bond acceptors (Lipinski definition) is 4. The third-order valence-corrected chi connectivity index (χ3v) is 4.98. The summed E-state index contributed by atoms with van der Waals surface area (Å²) in [4.78, 5) is 26.4. The Bertz CT molecular complexity index is 865. The first-order valence-corrected chi connectivity index (χ1v) is 9.41. The summed E-state index contributed by atoms with van der Waals surface area (Å²) in [6.45, 7) is 3.23. The van der Waals surface area contributed by atoms with Gasteiger partial charge in [-0.3, -0.25) is 9.59 Å². The van der Waals surface area contributed by atoms with Crippen molar-refractivity contribution in [2.24, 2.45) is 0 Å². The van der Waals surface area contributed by atoms with Crippen molar-refractivity contribution in [1.29, 1.82) is 0 Å². The minimum absolute atomic E-state index is 0.174. The molecule has 0 aliphatic carbocycles. The summed E-state index contributed by atoms with van der Waals surface area (Å²) in [5.41, 5.74) is 2.36. The minimum Gasteiger partial charge on any atom is -0.497 e. The Morgan fingerprint density at radius 1 is 1.18 bits per heavy atom. The van der Waals surface area contributed by atoms with Crippen LogP contribution < -0.4 is 14.8 Å². The predicted octanol–water partition coefficient (Wildman–Crippen LogP) is 3.32. The number of carbonyl (C=O) groups is 2. The molecular weight excluding hydrogens is 356 g/mol. The average Bonchev–Trinajstić information content (AvgIpc) is 3.12. The van der Waals surface area contributed by atoms with Crippen LogP contribution >= 0.6 is 0 Å². The number of ether oxygens (including phenoxy) is 2. The summed E-state index contributed by atoms with van der Waals surface area (Å²) < 4.78 is 10.7. The molecule has 0 saturated carbocycles. The van der Waals surface area contributed by atoms with Gasteiger partial charge in [-0.1, -0.05) is 12.1 Å². The quantitative estimate of drug-likeness (QED) is 0.798. The zero-order chi connectivity index (χ0) is 20.1. The van der Waals surface area contributed by atoms with Crippen molar-refractivity contribution in [3.63, 3.8) is 0 Å². The van der Waals surface area contributed by atoms with Crippen LogP contribution in [0.25, 0.3) is 0 Å². The Labute approximate surface area is 165 Å². The van der Waals surface area contributed by atoms with E-state index >= 15 is 0 Å². The Hall–Kier alpha value is -3.02. The first-order chi connectivity index (χ1) is 13.5. The van der Waals surface area contributed by atoms with Gasteiger partial charge in [-0.25, -0.2) is 0 Å². The smallest absolute Gasteiger partial charge is 0.251 e. The lowest BCUT2D eigenvalue weighted by molar-refractivity contribution is -0.128. The zero-order valence-electron chi connectivity index (χ0n) is 16.5. The van der Waals surface area contributed by atoms with Crippen molar-refractivity contribution in [3.8, 4) is 11.5 Å². The third kappa shape index (κ3) is 4.44. The van der Waals surface area contributed by atoms with Gasteiger partial charge in [-0.2, -0.15) is 0 Å². The number of hydrogen-bond donors (Lipinski definition) is 1. The zero-order valence-corrected chi connectivity index (χ0v) is 16.5. The van der Waals surface area contributed by atoms with Gasteiger partial charge in [0.15, 0.2) is 0 Å². The van der Waals surface area contributed by atoms with Crippen molar-refractivity contribution in [3.05, 3.63) is 59.2 Å². The first-order valence-electron chi connectivity index (χ1n) is 9.41. The molecule has 28 heavy (non-hydrogen) atoms. The fraction of sp³-hybridized carbons (Fsp3) is 0.364. The van der Waals surface area contributed by atoms with Crippen molar-refractivity contribution in [2.45, 2.75) is 32.4 Å². The van der Waals surface area contributed by atoms with Crippen molar-refractivity contribution in [1.82, 2.24) is 10.2 Å². The topological polar surface area (TPSA) is 67.9 Å². The number of rotatable bonds is 7. The highest BCUT2D eigenvalue weighted by Crippen LogP contribution is 2.29. The molecule has 2 amide bonds. The van der Waals surface area contributed by atoms with Crippen LogP contribution in [0.5, 0.6) is 11.5 Å². The molecule has 0 unspecified atom stereocenters. The largest absolute Gasteiger partial charge is 0.497 e. The van der Waals surface area contributed by atoms with Crippen molar-refractivity contribution in [2.75, 3.05) is 20.8 Å². The van der Waals surface area contributed by atoms with E-state index in [4.69, 9.17) is 9.47 Å². The summed E-state index contributed by atoms with van der Waals surface area (Å²) in [5.74, 6) is 1.39. The maximum absolute atomic E-state index is 12.8. The second kappa shape index (κ2) is 8.78. The number of carbonyl (C=O) groups excluding carboxylic acids is 2. The summed E-state index contributed by atoms with van der Waals surface area (Å²) in [5, 5.41) is 3.01. The van der Waals surface area contributed by atoms with Crippen LogP contribution in [0.3, 0.4) is 0 Å². The summed E-state index contributed by atoms with van der Waals surface area (Å²) >= 11 is 0. The van der Waals surface area contributed by atoms with Crippen molar-refractivity contribution < 1.29 is 19.1 Å². The number of likely N-dealkylation sites (tertiary alicyclic amines) is 1. The van der Waals surface area contributed by atoms with Gasteiger partial charge in [0.05, 0.1) is 20.3 Å². The number of methoxy groups -OCH3 is 2. The fourth-order valence-electron chi connectivity index (χ4n) is 3.44.